The van der Waals surface area contributed by atoms with Gasteiger partial charge in [0.1, 0.15) is 0 Å². The van der Waals surface area contributed by atoms with Gasteiger partial charge in [0, 0.05) is 60.9 Å². The molecule has 2 N–H and O–H groups in total. The Bertz CT molecular complexity index is 439. The second kappa shape index (κ2) is 8.76. The fourth-order valence-corrected chi connectivity index (χ4v) is 3.31. The van der Waals surface area contributed by atoms with E-state index in [1.807, 2.05) is 24.3 Å². The van der Waals surface area contributed by atoms with Crippen molar-refractivity contribution in [3.63, 3.8) is 0 Å². The predicted molar refractivity (Wildman–Crippen MR) is 91.3 cm³/mol. The summed E-state index contributed by atoms with van der Waals surface area (Å²) in [6.45, 7) is 10.2. The fourth-order valence-electron chi connectivity index (χ4n) is 2.65. The quantitative estimate of drug-likeness (QED) is 0.753. The maximum atomic E-state index is 6.31. The molecule has 0 amide bonds. The Morgan fingerprint density at radius 1 is 1.29 bits per heavy atom. The minimum absolute atomic E-state index is 0.117. The topological polar surface area (TPSA) is 27.3 Å². The molecule has 21 heavy (non-hydrogen) atoms. The van der Waals surface area contributed by atoms with E-state index in [0.717, 1.165) is 51.3 Å². The van der Waals surface area contributed by atoms with Crippen molar-refractivity contribution in [3.8, 4) is 0 Å². The normalized spacial score (nSPS) is 17.6. The fraction of sp³-hybridized carbons (Fsp3) is 0.500. The van der Waals surface area contributed by atoms with Crippen molar-refractivity contribution in [1.82, 2.24) is 15.5 Å². The van der Waals surface area contributed by atoms with E-state index in [1.165, 1.54) is 0 Å². The molecule has 1 atom stereocenters. The first kappa shape index (κ1) is 16.8. The molecule has 0 saturated carbocycles. The predicted octanol–water partition coefficient (Wildman–Crippen LogP) is 3.11. The van der Waals surface area contributed by atoms with Crippen molar-refractivity contribution in [1.29, 1.82) is 0 Å². The summed E-state index contributed by atoms with van der Waals surface area (Å²) in [5.74, 6) is 0. The number of hydrogen-bond acceptors (Lipinski definition) is 3. The van der Waals surface area contributed by atoms with Crippen molar-refractivity contribution in [2.75, 3.05) is 39.3 Å². The van der Waals surface area contributed by atoms with Crippen LogP contribution in [-0.4, -0.2) is 44.2 Å². The number of halogens is 2. The van der Waals surface area contributed by atoms with Gasteiger partial charge in [0.25, 0.3) is 0 Å². The number of nitrogens with one attached hydrogen (secondary N) is 2. The van der Waals surface area contributed by atoms with Crippen molar-refractivity contribution < 1.29 is 0 Å². The highest BCUT2D eigenvalue weighted by atomic mass is 35.5. The van der Waals surface area contributed by atoms with Gasteiger partial charge in [-0.2, -0.15) is 0 Å². The van der Waals surface area contributed by atoms with E-state index >= 15 is 0 Å². The monoisotopic (exact) mass is 327 g/mol. The van der Waals surface area contributed by atoms with Gasteiger partial charge in [0.2, 0.25) is 0 Å². The van der Waals surface area contributed by atoms with Gasteiger partial charge in [-0.05, 0) is 18.6 Å². The zero-order chi connectivity index (χ0) is 15.1. The molecule has 1 aliphatic rings. The molecule has 0 aliphatic carbocycles. The smallest absolute Gasteiger partial charge is 0.0468 e. The molecular formula is C16H23Cl2N3. The minimum Gasteiger partial charge on any atom is -0.314 e. The highest BCUT2D eigenvalue weighted by Crippen LogP contribution is 2.32. The average Bonchev–Trinajstić information content (AvgIpc) is 2.48. The second-order valence-electron chi connectivity index (χ2n) is 5.26. The van der Waals surface area contributed by atoms with Crippen LogP contribution in [0.1, 0.15) is 18.0 Å². The van der Waals surface area contributed by atoms with Crippen molar-refractivity contribution in [2.45, 2.75) is 12.5 Å². The van der Waals surface area contributed by atoms with Crippen LogP contribution in [0, 0.1) is 0 Å². The molecule has 5 heteroatoms. The Kier molecular flexibility index (Phi) is 7.00. The Labute approximate surface area is 137 Å². The lowest BCUT2D eigenvalue weighted by molar-refractivity contribution is 0.238. The van der Waals surface area contributed by atoms with E-state index in [4.69, 9.17) is 23.2 Å². The molecule has 2 rings (SSSR count). The van der Waals surface area contributed by atoms with Gasteiger partial charge in [-0.1, -0.05) is 35.3 Å². The lowest BCUT2D eigenvalue weighted by Gasteiger charge is -2.28. The van der Waals surface area contributed by atoms with E-state index in [9.17, 15) is 0 Å². The largest absolute Gasteiger partial charge is 0.314 e. The van der Waals surface area contributed by atoms with Crippen LogP contribution < -0.4 is 10.6 Å². The van der Waals surface area contributed by atoms with Gasteiger partial charge in [0.15, 0.2) is 0 Å². The summed E-state index contributed by atoms with van der Waals surface area (Å²) in [7, 11) is 0. The SMILES string of the molecule is C=CCC(NCCN1CCNCC1)c1c(Cl)cccc1Cl. The molecule has 1 aromatic carbocycles. The van der Waals surface area contributed by atoms with Crippen LogP contribution in [0.5, 0.6) is 0 Å². The second-order valence-corrected chi connectivity index (χ2v) is 6.07. The summed E-state index contributed by atoms with van der Waals surface area (Å²) < 4.78 is 0. The Hall–Kier alpha value is -0.580. The van der Waals surface area contributed by atoms with Crippen LogP contribution >= 0.6 is 23.2 Å². The van der Waals surface area contributed by atoms with E-state index in [-0.39, 0.29) is 6.04 Å². The molecule has 1 unspecified atom stereocenters. The summed E-state index contributed by atoms with van der Waals surface area (Å²) in [5, 5.41) is 8.35. The van der Waals surface area contributed by atoms with E-state index in [1.54, 1.807) is 0 Å². The summed E-state index contributed by atoms with van der Waals surface area (Å²) in [6, 6.07) is 5.76. The van der Waals surface area contributed by atoms with Gasteiger partial charge >= 0.3 is 0 Å². The molecule has 1 aliphatic heterocycles. The summed E-state index contributed by atoms with van der Waals surface area (Å²) in [4.78, 5) is 2.46. The molecule has 1 heterocycles. The van der Waals surface area contributed by atoms with E-state index < -0.39 is 0 Å². The van der Waals surface area contributed by atoms with Crippen LogP contribution in [0.3, 0.4) is 0 Å². The average molecular weight is 328 g/mol. The first-order valence-electron chi connectivity index (χ1n) is 7.43. The van der Waals surface area contributed by atoms with Crippen molar-refractivity contribution in [2.24, 2.45) is 0 Å². The van der Waals surface area contributed by atoms with Gasteiger partial charge in [0.05, 0.1) is 0 Å². The van der Waals surface area contributed by atoms with Crippen LogP contribution in [0.2, 0.25) is 10.0 Å². The number of rotatable bonds is 7. The highest BCUT2D eigenvalue weighted by Gasteiger charge is 2.17. The molecular weight excluding hydrogens is 305 g/mol. The van der Waals surface area contributed by atoms with Gasteiger partial charge in [-0.3, -0.25) is 4.90 Å². The third-order valence-electron chi connectivity index (χ3n) is 3.78. The molecule has 3 nitrogen and oxygen atoms in total. The summed E-state index contributed by atoms with van der Waals surface area (Å²) in [5.41, 5.74) is 0.973. The van der Waals surface area contributed by atoms with Crippen LogP contribution in [0.4, 0.5) is 0 Å². The first-order valence-corrected chi connectivity index (χ1v) is 8.19. The molecule has 0 radical (unpaired) electrons. The van der Waals surface area contributed by atoms with Crippen molar-refractivity contribution in [3.05, 3.63) is 46.5 Å². The maximum Gasteiger partial charge on any atom is 0.0468 e. The molecule has 0 spiro atoms. The Morgan fingerprint density at radius 3 is 2.57 bits per heavy atom. The standard InChI is InChI=1S/C16H23Cl2N3/c1-2-4-15(16-13(17)5-3-6-14(16)18)20-9-12-21-10-7-19-8-11-21/h2-3,5-6,15,19-20H,1,4,7-12H2. The summed E-state index contributed by atoms with van der Waals surface area (Å²) in [6.07, 6.45) is 2.72. The number of piperazine rings is 1. The zero-order valence-electron chi connectivity index (χ0n) is 12.2. The van der Waals surface area contributed by atoms with Crippen LogP contribution in [-0.2, 0) is 0 Å². The first-order chi connectivity index (χ1) is 10.2. The van der Waals surface area contributed by atoms with Crippen LogP contribution in [0.15, 0.2) is 30.9 Å². The maximum absolute atomic E-state index is 6.31. The van der Waals surface area contributed by atoms with E-state index in [0.29, 0.717) is 10.0 Å². The van der Waals surface area contributed by atoms with Gasteiger partial charge < -0.3 is 10.6 Å². The third-order valence-corrected chi connectivity index (χ3v) is 4.44. The van der Waals surface area contributed by atoms with Crippen molar-refractivity contribution >= 4 is 23.2 Å². The molecule has 0 aromatic heterocycles. The zero-order valence-corrected chi connectivity index (χ0v) is 13.8. The molecule has 1 aromatic rings. The summed E-state index contributed by atoms with van der Waals surface area (Å²) >= 11 is 12.6. The van der Waals surface area contributed by atoms with E-state index in [2.05, 4.69) is 22.1 Å². The highest BCUT2D eigenvalue weighted by molar-refractivity contribution is 6.36. The minimum atomic E-state index is 0.117. The number of nitrogens with zero attached hydrogens (tertiary/aromatic N) is 1. The Balaban J connectivity index is 1.94. The molecule has 1 fully saturated rings. The van der Waals surface area contributed by atoms with Gasteiger partial charge in [-0.25, -0.2) is 0 Å². The Morgan fingerprint density at radius 2 is 1.95 bits per heavy atom. The molecule has 0 bridgehead atoms. The number of benzene rings is 1. The molecule has 1 saturated heterocycles. The molecule has 116 valence electrons. The third kappa shape index (κ3) is 4.97. The number of hydrogen-bond donors (Lipinski definition) is 2. The lowest BCUT2D eigenvalue weighted by Crippen LogP contribution is -2.46. The van der Waals surface area contributed by atoms with Gasteiger partial charge in [-0.15, -0.1) is 6.58 Å². The lowest BCUT2D eigenvalue weighted by atomic mass is 10.0. The van der Waals surface area contributed by atoms with Crippen LogP contribution in [0.25, 0.3) is 0 Å².